The van der Waals surface area contributed by atoms with Crippen LogP contribution < -0.4 is 9.64 Å². The van der Waals surface area contributed by atoms with Gasteiger partial charge in [-0.3, -0.25) is 4.90 Å². The first-order valence-corrected chi connectivity index (χ1v) is 11.8. The number of carbonyl (C=O) groups excluding carboxylic acids is 1. The summed E-state index contributed by atoms with van der Waals surface area (Å²) in [6, 6.07) is 21.1. The number of carbonyl (C=O) groups is 1. The highest BCUT2D eigenvalue weighted by atomic mass is 16.5. The van der Waals surface area contributed by atoms with Gasteiger partial charge in [0, 0.05) is 38.9 Å². The molecule has 1 aromatic heterocycles. The van der Waals surface area contributed by atoms with Crippen LogP contribution in [-0.4, -0.2) is 48.1 Å². The quantitative estimate of drug-likeness (QED) is 0.428. The number of anilines is 1. The smallest absolute Gasteiger partial charge is 0.342 e. The van der Waals surface area contributed by atoms with Crippen LogP contribution in [0.15, 0.2) is 66.9 Å². The Bertz CT molecular complexity index is 1190. The highest BCUT2D eigenvalue weighted by Gasteiger charge is 2.29. The Kier molecular flexibility index (Phi) is 7.64. The Morgan fingerprint density at radius 1 is 1.14 bits per heavy atom. The van der Waals surface area contributed by atoms with Gasteiger partial charge in [0.2, 0.25) is 0 Å². The number of nitriles is 1. The molecule has 1 atom stereocenters. The van der Waals surface area contributed by atoms with Crippen LogP contribution in [0, 0.1) is 11.3 Å². The van der Waals surface area contributed by atoms with Crippen LogP contribution in [0.4, 0.5) is 5.82 Å². The topological polar surface area (TPSA) is 78.7 Å². The van der Waals surface area contributed by atoms with Crippen molar-refractivity contribution in [1.82, 2.24) is 9.88 Å². The number of hydrogen-bond donors (Lipinski definition) is 0. The molecule has 0 aliphatic carbocycles. The van der Waals surface area contributed by atoms with Gasteiger partial charge in [-0.2, -0.15) is 5.26 Å². The molecule has 1 fully saturated rings. The highest BCUT2D eigenvalue weighted by molar-refractivity contribution is 5.94. The second kappa shape index (κ2) is 11.0. The third-order valence-electron chi connectivity index (χ3n) is 6.03. The molecule has 0 radical (unpaired) electrons. The van der Waals surface area contributed by atoms with Crippen molar-refractivity contribution in [3.8, 4) is 17.6 Å². The normalized spacial score (nSPS) is 15.6. The van der Waals surface area contributed by atoms with Crippen molar-refractivity contribution in [1.29, 1.82) is 5.26 Å². The number of likely N-dealkylation sites (N-methyl/N-ethyl adjacent to an activating group) is 1. The van der Waals surface area contributed by atoms with E-state index in [9.17, 15) is 4.79 Å². The Labute approximate surface area is 206 Å². The van der Waals surface area contributed by atoms with Gasteiger partial charge in [-0.05, 0) is 74.4 Å². The molecule has 2 aromatic carbocycles. The molecule has 180 valence electrons. The van der Waals surface area contributed by atoms with E-state index in [0.29, 0.717) is 22.7 Å². The second-order valence-electron chi connectivity index (χ2n) is 9.00. The molecular formula is C28H30N4O3. The number of pyridine rings is 1. The van der Waals surface area contributed by atoms with Crippen molar-refractivity contribution in [2.75, 3.05) is 25.0 Å². The lowest BCUT2D eigenvalue weighted by atomic mass is 10.2. The summed E-state index contributed by atoms with van der Waals surface area (Å²) >= 11 is 0. The van der Waals surface area contributed by atoms with Gasteiger partial charge in [0.1, 0.15) is 22.9 Å². The third kappa shape index (κ3) is 6.17. The van der Waals surface area contributed by atoms with Gasteiger partial charge in [-0.1, -0.05) is 12.1 Å². The van der Waals surface area contributed by atoms with Gasteiger partial charge in [0.25, 0.3) is 0 Å². The predicted molar refractivity (Wildman–Crippen MR) is 135 cm³/mol. The van der Waals surface area contributed by atoms with Gasteiger partial charge >= 0.3 is 5.97 Å². The summed E-state index contributed by atoms with van der Waals surface area (Å²) in [7, 11) is 2.00. The predicted octanol–water partition coefficient (Wildman–Crippen LogP) is 5.02. The average Bonchev–Trinajstić information content (AvgIpc) is 3.33. The average molecular weight is 471 g/mol. The zero-order valence-corrected chi connectivity index (χ0v) is 20.3. The first-order valence-electron chi connectivity index (χ1n) is 11.8. The van der Waals surface area contributed by atoms with Crippen molar-refractivity contribution in [3.63, 3.8) is 0 Å². The van der Waals surface area contributed by atoms with Crippen LogP contribution in [0.5, 0.6) is 11.5 Å². The largest absolute Gasteiger partial charge is 0.459 e. The van der Waals surface area contributed by atoms with Crippen LogP contribution >= 0.6 is 0 Å². The summed E-state index contributed by atoms with van der Waals surface area (Å²) in [5.74, 6) is 1.78. The summed E-state index contributed by atoms with van der Waals surface area (Å²) in [5.41, 5.74) is 2.32. The van der Waals surface area contributed by atoms with Crippen LogP contribution in [0.3, 0.4) is 0 Å². The number of nitrogens with zero attached hydrogens (tertiary/aromatic N) is 4. The minimum absolute atomic E-state index is 0.177. The monoisotopic (exact) mass is 470 g/mol. The van der Waals surface area contributed by atoms with Crippen LogP contribution in [0.1, 0.15) is 41.8 Å². The van der Waals surface area contributed by atoms with Crippen molar-refractivity contribution >= 4 is 11.8 Å². The van der Waals surface area contributed by atoms with Gasteiger partial charge in [-0.15, -0.1) is 0 Å². The Balaban J connectivity index is 1.34. The molecule has 7 nitrogen and oxygen atoms in total. The fourth-order valence-electron chi connectivity index (χ4n) is 4.21. The van der Waals surface area contributed by atoms with Crippen molar-refractivity contribution in [2.45, 2.75) is 39.0 Å². The first-order chi connectivity index (χ1) is 16.9. The Hall–Kier alpha value is -3.89. The lowest BCUT2D eigenvalue weighted by Crippen LogP contribution is -2.36. The molecule has 7 heteroatoms. The van der Waals surface area contributed by atoms with E-state index in [4.69, 9.17) is 14.7 Å². The van der Waals surface area contributed by atoms with Crippen molar-refractivity contribution in [3.05, 3.63) is 83.6 Å². The van der Waals surface area contributed by atoms with Gasteiger partial charge in [0.15, 0.2) is 0 Å². The van der Waals surface area contributed by atoms with Crippen LogP contribution in [0.2, 0.25) is 0 Å². The zero-order chi connectivity index (χ0) is 24.8. The van der Waals surface area contributed by atoms with E-state index in [1.165, 1.54) is 5.56 Å². The summed E-state index contributed by atoms with van der Waals surface area (Å²) < 4.78 is 11.3. The van der Waals surface area contributed by atoms with Gasteiger partial charge < -0.3 is 14.4 Å². The third-order valence-corrected chi connectivity index (χ3v) is 6.03. The standard InChI is InChI=1S/C28H30N4O3/c1-20(2)34-28(33)26-5-4-15-30-27(26)31(3)23-14-16-32(19-23)18-22-8-12-25(13-9-22)35-24-10-6-21(17-29)7-11-24/h4-13,15,20,23H,14,16,18-19H2,1-3H3/t23-/m0/s1. The molecule has 3 aromatic rings. The highest BCUT2D eigenvalue weighted by Crippen LogP contribution is 2.26. The summed E-state index contributed by atoms with van der Waals surface area (Å²) in [6.07, 6.45) is 2.53. The number of hydrogen-bond acceptors (Lipinski definition) is 7. The molecule has 4 rings (SSSR count). The van der Waals surface area contributed by atoms with E-state index in [1.54, 1.807) is 42.6 Å². The zero-order valence-electron chi connectivity index (χ0n) is 20.3. The van der Waals surface area contributed by atoms with E-state index in [1.807, 2.05) is 33.0 Å². The van der Waals surface area contributed by atoms with E-state index < -0.39 is 0 Å². The van der Waals surface area contributed by atoms with Crippen LogP contribution in [-0.2, 0) is 11.3 Å². The van der Waals surface area contributed by atoms with Gasteiger partial charge in [0.05, 0.1) is 17.7 Å². The first kappa shape index (κ1) is 24.2. The minimum Gasteiger partial charge on any atom is -0.459 e. The SMILES string of the molecule is CC(C)OC(=O)c1cccnc1N(C)[C@H]1CCN(Cc2ccc(Oc3ccc(C#N)cc3)cc2)C1. The number of aromatic nitrogens is 1. The van der Waals surface area contributed by atoms with E-state index in [0.717, 1.165) is 31.8 Å². The molecule has 0 saturated carbocycles. The van der Waals surface area contributed by atoms with Gasteiger partial charge in [-0.25, -0.2) is 9.78 Å². The van der Waals surface area contributed by atoms with Crippen LogP contribution in [0.25, 0.3) is 0 Å². The van der Waals surface area contributed by atoms with Crippen molar-refractivity contribution in [2.24, 2.45) is 0 Å². The summed E-state index contributed by atoms with van der Waals surface area (Å²) in [6.45, 7) is 6.38. The van der Waals surface area contributed by atoms with E-state index >= 15 is 0 Å². The number of likely N-dealkylation sites (tertiary alicyclic amines) is 1. The second-order valence-corrected chi connectivity index (χ2v) is 9.00. The molecule has 0 N–H and O–H groups in total. The van der Waals surface area contributed by atoms with E-state index in [2.05, 4.69) is 33.0 Å². The molecule has 0 spiro atoms. The molecule has 1 saturated heterocycles. The molecule has 1 aliphatic heterocycles. The van der Waals surface area contributed by atoms with Crippen molar-refractivity contribution < 1.29 is 14.3 Å². The molecule has 0 unspecified atom stereocenters. The lowest BCUT2D eigenvalue weighted by Gasteiger charge is -2.27. The molecule has 2 heterocycles. The Morgan fingerprint density at radius 3 is 2.49 bits per heavy atom. The van der Waals surface area contributed by atoms with E-state index in [-0.39, 0.29) is 18.1 Å². The lowest BCUT2D eigenvalue weighted by molar-refractivity contribution is 0.0378. The fourth-order valence-corrected chi connectivity index (χ4v) is 4.21. The Morgan fingerprint density at radius 2 is 1.83 bits per heavy atom. The molecule has 35 heavy (non-hydrogen) atoms. The molecule has 0 amide bonds. The minimum atomic E-state index is -0.340. The molecule has 1 aliphatic rings. The number of rotatable bonds is 8. The summed E-state index contributed by atoms with van der Waals surface area (Å²) in [5, 5.41) is 8.91. The number of esters is 1. The number of benzene rings is 2. The maximum Gasteiger partial charge on any atom is 0.342 e. The number of ether oxygens (including phenoxy) is 2. The maximum atomic E-state index is 12.6. The summed E-state index contributed by atoms with van der Waals surface area (Å²) in [4.78, 5) is 21.6. The maximum absolute atomic E-state index is 12.6. The fraction of sp³-hybridized carbons (Fsp3) is 0.321. The molecular weight excluding hydrogens is 440 g/mol. The molecule has 0 bridgehead atoms.